The lowest BCUT2D eigenvalue weighted by Crippen LogP contribution is -2.52. The Morgan fingerprint density at radius 2 is 1.66 bits per heavy atom. The number of piperazine rings is 1. The minimum absolute atomic E-state index is 0.00621. The Kier molecular flexibility index (Phi) is 9.65. The van der Waals surface area contributed by atoms with E-state index >= 15 is 4.39 Å². The molecule has 5 heterocycles. The Morgan fingerprint density at radius 3 is 2.43 bits per heavy atom. The Balaban J connectivity index is 0.799. The van der Waals surface area contributed by atoms with Crippen molar-refractivity contribution in [1.82, 2.24) is 15.1 Å². The van der Waals surface area contributed by atoms with Crippen LogP contribution in [0.15, 0.2) is 78.9 Å². The first-order valence-corrected chi connectivity index (χ1v) is 20.0. The molecule has 56 heavy (non-hydrogen) atoms. The van der Waals surface area contributed by atoms with Crippen molar-refractivity contribution >= 4 is 29.1 Å². The van der Waals surface area contributed by atoms with E-state index in [9.17, 15) is 19.5 Å². The van der Waals surface area contributed by atoms with Crippen molar-refractivity contribution in [3.8, 4) is 11.5 Å². The number of rotatable bonds is 7. The molecule has 10 nitrogen and oxygen atoms in total. The first-order chi connectivity index (χ1) is 27.2. The van der Waals surface area contributed by atoms with Gasteiger partial charge in [0.2, 0.25) is 11.8 Å². The summed E-state index contributed by atoms with van der Waals surface area (Å²) in [5.41, 5.74) is 7.50. The van der Waals surface area contributed by atoms with Gasteiger partial charge in [-0.25, -0.2) is 4.39 Å². The molecule has 5 aliphatic rings. The summed E-state index contributed by atoms with van der Waals surface area (Å²) in [4.78, 5) is 46.0. The maximum absolute atomic E-state index is 16.1. The number of amides is 3. The quantitative estimate of drug-likeness (QED) is 0.223. The molecule has 0 spiro atoms. The zero-order valence-corrected chi connectivity index (χ0v) is 31.8. The summed E-state index contributed by atoms with van der Waals surface area (Å²) in [6, 6.07) is 24.8. The first kappa shape index (κ1) is 36.2. The molecule has 0 aromatic heterocycles. The number of piperidine rings is 2. The number of aromatic hydroxyl groups is 1. The number of aryl methyl sites for hydroxylation is 1. The van der Waals surface area contributed by atoms with Gasteiger partial charge in [-0.1, -0.05) is 42.0 Å². The van der Waals surface area contributed by atoms with E-state index in [1.54, 1.807) is 23.1 Å². The number of benzene rings is 4. The molecule has 3 atom stereocenters. The molecule has 11 heteroatoms. The number of nitrogens with one attached hydrogen (secondary N) is 1. The van der Waals surface area contributed by atoms with Gasteiger partial charge in [-0.2, -0.15) is 0 Å². The lowest BCUT2D eigenvalue weighted by molar-refractivity contribution is -0.136. The SMILES string of the molecule is Cc1cccc([C@H]2COc3cc(O)ccc3C2c2ccc(N3CCC(CN4CCN(c5ccc6c(c5)CN([C@H]5CCC(=O)NC5=O)C6=O)CC4)CC3)c(F)c2)c1. The fourth-order valence-electron chi connectivity index (χ4n) is 9.64. The standard InChI is InChI=1S/C45H48FN5O5/c1-28-3-2-4-30(21-28)37-27-56-41-24-34(52)7-9-36(41)43(37)31-5-10-39(38(46)23-31)50-15-13-29(14-16-50)25-48-17-19-49(20-18-48)33-6-8-35-32(22-33)26-51(45(35)55)40-11-12-42(53)47-44(40)54/h2-10,21-24,29,37,40,43,52H,11-20,25-27H2,1H3,(H,47,53,54)/t37-,40+,43?/m1/s1. The molecule has 3 fully saturated rings. The Bertz CT molecular complexity index is 2180. The van der Waals surface area contributed by atoms with Crippen molar-refractivity contribution in [1.29, 1.82) is 0 Å². The Morgan fingerprint density at radius 1 is 0.839 bits per heavy atom. The molecule has 3 amide bonds. The second-order valence-electron chi connectivity index (χ2n) is 16.2. The van der Waals surface area contributed by atoms with Crippen LogP contribution in [0.4, 0.5) is 15.8 Å². The number of hydrogen-bond acceptors (Lipinski definition) is 8. The van der Waals surface area contributed by atoms with Gasteiger partial charge in [0.15, 0.2) is 0 Å². The molecule has 3 saturated heterocycles. The van der Waals surface area contributed by atoms with Crippen LogP contribution >= 0.6 is 0 Å². The molecule has 9 rings (SSSR count). The molecular weight excluding hydrogens is 710 g/mol. The fraction of sp³-hybridized carbons (Fsp3) is 0.400. The van der Waals surface area contributed by atoms with Gasteiger partial charge in [-0.05, 0) is 85.2 Å². The minimum Gasteiger partial charge on any atom is -0.508 e. The van der Waals surface area contributed by atoms with Crippen LogP contribution in [-0.2, 0) is 16.1 Å². The predicted molar refractivity (Wildman–Crippen MR) is 212 cm³/mol. The summed E-state index contributed by atoms with van der Waals surface area (Å²) in [6.07, 6.45) is 2.62. The molecule has 4 aromatic rings. The maximum atomic E-state index is 16.1. The average Bonchev–Trinajstić information content (AvgIpc) is 3.52. The van der Waals surface area contributed by atoms with Crippen LogP contribution in [0.5, 0.6) is 11.5 Å². The molecule has 0 saturated carbocycles. The number of hydrogen-bond donors (Lipinski definition) is 2. The van der Waals surface area contributed by atoms with Crippen LogP contribution in [0.25, 0.3) is 0 Å². The summed E-state index contributed by atoms with van der Waals surface area (Å²) in [5.74, 6) is 0.223. The van der Waals surface area contributed by atoms with Crippen LogP contribution in [0, 0.1) is 18.7 Å². The van der Waals surface area contributed by atoms with Gasteiger partial charge >= 0.3 is 0 Å². The van der Waals surface area contributed by atoms with E-state index in [0.29, 0.717) is 42.5 Å². The van der Waals surface area contributed by atoms with Crippen molar-refractivity contribution in [2.75, 3.05) is 62.2 Å². The first-order valence-electron chi connectivity index (χ1n) is 20.0. The minimum atomic E-state index is -0.609. The van der Waals surface area contributed by atoms with E-state index in [1.165, 1.54) is 5.56 Å². The highest BCUT2D eigenvalue weighted by molar-refractivity contribution is 6.05. The third-order valence-corrected chi connectivity index (χ3v) is 12.7. The highest BCUT2D eigenvalue weighted by Gasteiger charge is 2.40. The normalized spacial score (nSPS) is 23.1. The van der Waals surface area contributed by atoms with E-state index in [4.69, 9.17) is 4.74 Å². The van der Waals surface area contributed by atoms with Gasteiger partial charge in [0, 0.05) is 93.5 Å². The van der Waals surface area contributed by atoms with Gasteiger partial charge in [-0.15, -0.1) is 0 Å². The van der Waals surface area contributed by atoms with Gasteiger partial charge in [0.05, 0.1) is 12.3 Å². The predicted octanol–water partition coefficient (Wildman–Crippen LogP) is 5.95. The molecule has 4 aromatic carbocycles. The monoisotopic (exact) mass is 757 g/mol. The number of imide groups is 1. The van der Waals surface area contributed by atoms with Crippen LogP contribution in [0.3, 0.4) is 0 Å². The molecule has 290 valence electrons. The van der Waals surface area contributed by atoms with E-state index in [-0.39, 0.29) is 47.5 Å². The average molecular weight is 758 g/mol. The highest BCUT2D eigenvalue weighted by Crippen LogP contribution is 2.47. The molecule has 1 unspecified atom stereocenters. The molecule has 2 N–H and O–H groups in total. The fourth-order valence-corrected chi connectivity index (χ4v) is 9.64. The lowest BCUT2D eigenvalue weighted by Gasteiger charge is -2.40. The summed E-state index contributed by atoms with van der Waals surface area (Å²) in [6.45, 7) is 9.25. The van der Waals surface area contributed by atoms with Gasteiger partial charge in [0.1, 0.15) is 23.4 Å². The zero-order chi connectivity index (χ0) is 38.5. The van der Waals surface area contributed by atoms with E-state index < -0.39 is 6.04 Å². The third kappa shape index (κ3) is 6.97. The van der Waals surface area contributed by atoms with Crippen LogP contribution < -0.4 is 19.9 Å². The van der Waals surface area contributed by atoms with E-state index in [2.05, 4.69) is 63.3 Å². The van der Waals surface area contributed by atoms with Crippen molar-refractivity contribution < 1.29 is 28.6 Å². The van der Waals surface area contributed by atoms with Crippen LogP contribution in [-0.4, -0.2) is 91.1 Å². The summed E-state index contributed by atoms with van der Waals surface area (Å²) in [7, 11) is 0. The molecule has 0 aliphatic carbocycles. The van der Waals surface area contributed by atoms with Gasteiger partial charge < -0.3 is 24.5 Å². The van der Waals surface area contributed by atoms with Crippen LogP contribution in [0.1, 0.15) is 75.7 Å². The summed E-state index contributed by atoms with van der Waals surface area (Å²) in [5, 5.41) is 12.5. The largest absolute Gasteiger partial charge is 0.508 e. The summed E-state index contributed by atoms with van der Waals surface area (Å²) >= 11 is 0. The smallest absolute Gasteiger partial charge is 0.255 e. The molecule has 0 bridgehead atoms. The van der Waals surface area contributed by atoms with Gasteiger partial charge in [-0.3, -0.25) is 24.6 Å². The second-order valence-corrected chi connectivity index (χ2v) is 16.2. The van der Waals surface area contributed by atoms with Crippen molar-refractivity contribution in [3.05, 3.63) is 118 Å². The number of carbonyl (C=O) groups excluding carboxylic acids is 3. The number of phenols is 1. The molecule has 0 radical (unpaired) electrons. The van der Waals surface area contributed by atoms with E-state index in [1.807, 2.05) is 24.3 Å². The Labute approximate surface area is 326 Å². The van der Waals surface area contributed by atoms with Crippen molar-refractivity contribution in [3.63, 3.8) is 0 Å². The maximum Gasteiger partial charge on any atom is 0.255 e. The number of fused-ring (bicyclic) bond motifs is 2. The third-order valence-electron chi connectivity index (χ3n) is 12.7. The summed E-state index contributed by atoms with van der Waals surface area (Å²) < 4.78 is 22.3. The van der Waals surface area contributed by atoms with Gasteiger partial charge in [0.25, 0.3) is 5.91 Å². The van der Waals surface area contributed by atoms with Crippen LogP contribution in [0.2, 0.25) is 0 Å². The number of halogens is 1. The van der Waals surface area contributed by atoms with Crippen molar-refractivity contribution in [2.45, 2.75) is 57.0 Å². The molecular formula is C45H48FN5O5. The Hall–Kier alpha value is -5.42. The van der Waals surface area contributed by atoms with Crippen molar-refractivity contribution in [2.24, 2.45) is 5.92 Å². The number of ether oxygens (including phenoxy) is 1. The highest BCUT2D eigenvalue weighted by atomic mass is 19.1. The molecule has 5 aliphatic heterocycles. The lowest BCUT2D eigenvalue weighted by atomic mass is 9.75. The number of nitrogens with zero attached hydrogens (tertiary/aromatic N) is 4. The second kappa shape index (κ2) is 14.9. The zero-order valence-electron chi connectivity index (χ0n) is 31.8. The number of anilines is 2. The topological polar surface area (TPSA) is 106 Å². The van der Waals surface area contributed by atoms with E-state index in [0.717, 1.165) is 86.6 Å². The number of carbonyl (C=O) groups is 3. The number of phenolic OH excluding ortho intramolecular Hbond substituents is 1.